The Balaban J connectivity index is 2.25. The molecule has 104 valence electrons. The zero-order valence-corrected chi connectivity index (χ0v) is 10.9. The predicted octanol–water partition coefficient (Wildman–Crippen LogP) is 0.975. The molecular weight excluding hydrogens is 272 g/mol. The molecule has 0 saturated heterocycles. The molecule has 2 amide bonds. The highest BCUT2D eigenvalue weighted by atomic mass is 35.5. The molecule has 6 nitrogen and oxygen atoms in total. The molecule has 1 aromatic rings. The first-order chi connectivity index (χ1) is 9.00. The number of amides is 2. The van der Waals surface area contributed by atoms with Crippen LogP contribution in [0.15, 0.2) is 24.3 Å². The number of aliphatic hydroxyl groups excluding tert-OH is 1. The van der Waals surface area contributed by atoms with Crippen molar-refractivity contribution in [3.8, 4) is 0 Å². The van der Waals surface area contributed by atoms with Crippen molar-refractivity contribution < 1.29 is 19.8 Å². The average molecular weight is 287 g/mol. The van der Waals surface area contributed by atoms with Crippen molar-refractivity contribution in [3.63, 3.8) is 0 Å². The lowest BCUT2D eigenvalue weighted by atomic mass is 10.2. The molecule has 1 atom stereocenters. The van der Waals surface area contributed by atoms with Gasteiger partial charge in [0.15, 0.2) is 6.10 Å². The third-order valence-corrected chi connectivity index (χ3v) is 2.75. The van der Waals surface area contributed by atoms with Gasteiger partial charge in [0.05, 0.1) is 0 Å². The van der Waals surface area contributed by atoms with E-state index in [1.165, 1.54) is 0 Å². The molecule has 0 heterocycles. The van der Waals surface area contributed by atoms with E-state index >= 15 is 0 Å². The van der Waals surface area contributed by atoms with Crippen molar-refractivity contribution in [2.45, 2.75) is 19.1 Å². The number of aliphatic carboxylic acids is 1. The number of carbonyl (C=O) groups is 2. The van der Waals surface area contributed by atoms with Crippen molar-refractivity contribution in [2.24, 2.45) is 0 Å². The van der Waals surface area contributed by atoms with Crippen LogP contribution in [0.3, 0.4) is 0 Å². The molecule has 0 aliphatic heterocycles. The summed E-state index contributed by atoms with van der Waals surface area (Å²) in [5.41, 5.74) is 0.782. The first-order valence-electron chi connectivity index (χ1n) is 5.66. The zero-order chi connectivity index (χ0) is 14.3. The Morgan fingerprint density at radius 3 is 2.58 bits per heavy atom. The van der Waals surface area contributed by atoms with E-state index in [1.807, 2.05) is 6.07 Å². The number of hydrogen-bond donors (Lipinski definition) is 4. The summed E-state index contributed by atoms with van der Waals surface area (Å²) in [5, 5.41) is 23.0. The van der Waals surface area contributed by atoms with Gasteiger partial charge in [-0.1, -0.05) is 29.8 Å². The Hall–Kier alpha value is -1.79. The quantitative estimate of drug-likeness (QED) is 0.626. The maximum absolute atomic E-state index is 11.4. The lowest BCUT2D eigenvalue weighted by molar-refractivity contribution is -0.146. The van der Waals surface area contributed by atoms with E-state index in [9.17, 15) is 9.59 Å². The second kappa shape index (κ2) is 7.60. The summed E-state index contributed by atoms with van der Waals surface area (Å²) in [7, 11) is 0. The Kier molecular flexibility index (Phi) is 6.11. The third kappa shape index (κ3) is 5.58. The van der Waals surface area contributed by atoms with Crippen molar-refractivity contribution in [3.05, 3.63) is 34.9 Å². The van der Waals surface area contributed by atoms with Crippen LogP contribution >= 0.6 is 11.6 Å². The van der Waals surface area contributed by atoms with E-state index in [0.717, 1.165) is 5.56 Å². The van der Waals surface area contributed by atoms with E-state index < -0.39 is 18.1 Å². The van der Waals surface area contributed by atoms with Crippen LogP contribution in [0.2, 0.25) is 5.02 Å². The summed E-state index contributed by atoms with van der Waals surface area (Å²) >= 11 is 5.92. The largest absolute Gasteiger partial charge is 0.479 e. The molecule has 1 rings (SSSR count). The van der Waals surface area contributed by atoms with Crippen molar-refractivity contribution in [2.75, 3.05) is 6.54 Å². The SMILES string of the molecule is O=C(NCCC(O)C(=O)O)NCc1ccccc1Cl. The van der Waals surface area contributed by atoms with Crippen molar-refractivity contribution >= 4 is 23.6 Å². The van der Waals surface area contributed by atoms with Crippen LogP contribution < -0.4 is 10.6 Å². The first kappa shape index (κ1) is 15.3. The monoisotopic (exact) mass is 286 g/mol. The minimum atomic E-state index is -1.47. The van der Waals surface area contributed by atoms with Gasteiger partial charge in [0, 0.05) is 24.5 Å². The van der Waals surface area contributed by atoms with Gasteiger partial charge in [-0.05, 0) is 11.6 Å². The molecule has 19 heavy (non-hydrogen) atoms. The number of rotatable bonds is 6. The fraction of sp³-hybridized carbons (Fsp3) is 0.333. The molecule has 0 spiro atoms. The van der Waals surface area contributed by atoms with Crippen LogP contribution in [0.5, 0.6) is 0 Å². The highest BCUT2D eigenvalue weighted by molar-refractivity contribution is 6.31. The standard InChI is InChI=1S/C12H15ClN2O4/c13-9-4-2-1-3-8(9)7-15-12(19)14-6-5-10(16)11(17)18/h1-4,10,16H,5-7H2,(H,17,18)(H2,14,15,19). The lowest BCUT2D eigenvalue weighted by Gasteiger charge is -2.09. The van der Waals surface area contributed by atoms with Crippen LogP contribution in [0.1, 0.15) is 12.0 Å². The van der Waals surface area contributed by atoms with Crippen LogP contribution in [0.25, 0.3) is 0 Å². The van der Waals surface area contributed by atoms with Gasteiger partial charge in [0.1, 0.15) is 0 Å². The number of urea groups is 1. The molecule has 0 fully saturated rings. The molecule has 0 radical (unpaired) electrons. The van der Waals surface area contributed by atoms with Crippen molar-refractivity contribution in [1.29, 1.82) is 0 Å². The Morgan fingerprint density at radius 1 is 1.26 bits per heavy atom. The molecular formula is C12H15ClN2O4. The third-order valence-electron chi connectivity index (χ3n) is 2.39. The molecule has 0 aliphatic rings. The number of nitrogens with one attached hydrogen (secondary N) is 2. The summed E-state index contributed by atoms with van der Waals surface area (Å²) in [4.78, 5) is 21.7. The van der Waals surface area contributed by atoms with Gasteiger partial charge in [-0.15, -0.1) is 0 Å². The van der Waals surface area contributed by atoms with Gasteiger partial charge < -0.3 is 20.8 Å². The molecule has 1 unspecified atom stereocenters. The fourth-order valence-corrected chi connectivity index (χ4v) is 1.53. The minimum absolute atomic E-state index is 0.0468. The Morgan fingerprint density at radius 2 is 1.95 bits per heavy atom. The Bertz CT molecular complexity index is 453. The van der Waals surface area contributed by atoms with Crippen molar-refractivity contribution in [1.82, 2.24) is 10.6 Å². The molecule has 0 saturated carbocycles. The number of halogens is 1. The van der Waals surface area contributed by atoms with Gasteiger partial charge in [-0.3, -0.25) is 0 Å². The van der Waals surface area contributed by atoms with E-state index in [0.29, 0.717) is 5.02 Å². The number of hydrogen-bond acceptors (Lipinski definition) is 3. The molecule has 7 heteroatoms. The van der Waals surface area contributed by atoms with E-state index in [2.05, 4.69) is 10.6 Å². The second-order valence-corrected chi connectivity index (χ2v) is 4.25. The summed E-state index contributed by atoms with van der Waals surface area (Å²) < 4.78 is 0. The lowest BCUT2D eigenvalue weighted by Crippen LogP contribution is -2.37. The maximum Gasteiger partial charge on any atom is 0.332 e. The van der Waals surface area contributed by atoms with Crippen LogP contribution in [-0.2, 0) is 11.3 Å². The van der Waals surface area contributed by atoms with Crippen LogP contribution in [-0.4, -0.2) is 34.9 Å². The zero-order valence-electron chi connectivity index (χ0n) is 10.1. The number of benzene rings is 1. The van der Waals surface area contributed by atoms with Gasteiger partial charge in [0.25, 0.3) is 0 Å². The van der Waals surface area contributed by atoms with Gasteiger partial charge in [-0.25, -0.2) is 9.59 Å². The van der Waals surface area contributed by atoms with Gasteiger partial charge in [-0.2, -0.15) is 0 Å². The van der Waals surface area contributed by atoms with E-state index in [1.54, 1.807) is 18.2 Å². The van der Waals surface area contributed by atoms with Crippen LogP contribution in [0, 0.1) is 0 Å². The number of carbonyl (C=O) groups excluding carboxylic acids is 1. The molecule has 0 aromatic heterocycles. The van der Waals surface area contributed by atoms with E-state index in [-0.39, 0.29) is 19.5 Å². The number of aliphatic hydroxyl groups is 1. The topological polar surface area (TPSA) is 98.7 Å². The molecule has 0 aliphatic carbocycles. The van der Waals surface area contributed by atoms with E-state index in [4.69, 9.17) is 21.8 Å². The summed E-state index contributed by atoms with van der Waals surface area (Å²) in [6.07, 6.45) is -1.52. The van der Waals surface area contributed by atoms with Gasteiger partial charge >= 0.3 is 12.0 Å². The smallest absolute Gasteiger partial charge is 0.332 e. The summed E-state index contributed by atoms with van der Waals surface area (Å²) in [6, 6.07) is 6.66. The van der Waals surface area contributed by atoms with Crippen LogP contribution in [0.4, 0.5) is 4.79 Å². The normalized spacial score (nSPS) is 11.7. The first-order valence-corrected chi connectivity index (χ1v) is 6.04. The second-order valence-electron chi connectivity index (χ2n) is 3.84. The minimum Gasteiger partial charge on any atom is -0.479 e. The maximum atomic E-state index is 11.4. The molecule has 1 aromatic carbocycles. The average Bonchev–Trinajstić information content (AvgIpc) is 2.37. The molecule has 0 bridgehead atoms. The fourth-order valence-electron chi connectivity index (χ4n) is 1.33. The predicted molar refractivity (Wildman–Crippen MR) is 70.0 cm³/mol. The Labute approximate surface area is 115 Å². The number of carboxylic acid groups (broad SMARTS) is 1. The highest BCUT2D eigenvalue weighted by Crippen LogP contribution is 2.13. The highest BCUT2D eigenvalue weighted by Gasteiger charge is 2.12. The summed E-state index contributed by atoms with van der Waals surface area (Å²) in [5.74, 6) is -1.31. The van der Waals surface area contributed by atoms with Gasteiger partial charge in [0.2, 0.25) is 0 Å². The summed E-state index contributed by atoms with van der Waals surface area (Å²) in [6.45, 7) is 0.342. The number of carboxylic acids is 1. The molecule has 4 N–H and O–H groups in total.